The first kappa shape index (κ1) is 19.2. The molecule has 142 valence electrons. The monoisotopic (exact) mass is 365 g/mol. The maximum Gasteiger partial charge on any atom is 0.305 e. The van der Waals surface area contributed by atoms with Crippen molar-refractivity contribution in [3.63, 3.8) is 0 Å². The number of hydrogen-bond donors (Lipinski definition) is 2. The molecule has 0 spiro atoms. The molecule has 1 fully saturated rings. The molecule has 27 heavy (non-hydrogen) atoms. The summed E-state index contributed by atoms with van der Waals surface area (Å²) in [5.74, 6) is -0.575. The van der Waals surface area contributed by atoms with Gasteiger partial charge < -0.3 is 10.4 Å². The summed E-state index contributed by atoms with van der Waals surface area (Å²) in [6, 6.07) is 14.8. The zero-order valence-electron chi connectivity index (χ0n) is 15.8. The smallest absolute Gasteiger partial charge is 0.305 e. The number of rotatable bonds is 6. The topological polar surface area (TPSA) is 66.4 Å². The van der Waals surface area contributed by atoms with Crippen LogP contribution in [0.2, 0.25) is 0 Å². The van der Waals surface area contributed by atoms with Crippen LogP contribution in [0.1, 0.15) is 77.5 Å². The lowest BCUT2D eigenvalue weighted by Gasteiger charge is -2.22. The van der Waals surface area contributed by atoms with E-state index in [1.165, 1.54) is 37.7 Å². The summed E-state index contributed by atoms with van der Waals surface area (Å²) in [6.45, 7) is 1.97. The zero-order valence-corrected chi connectivity index (χ0v) is 15.8. The van der Waals surface area contributed by atoms with Gasteiger partial charge in [-0.25, -0.2) is 0 Å². The summed E-state index contributed by atoms with van der Waals surface area (Å²) in [5, 5.41) is 12.1. The fourth-order valence-corrected chi connectivity index (χ4v) is 3.81. The van der Waals surface area contributed by atoms with Gasteiger partial charge in [-0.2, -0.15) is 0 Å². The summed E-state index contributed by atoms with van der Waals surface area (Å²) in [6.07, 6.45) is 6.18. The Hall–Kier alpha value is -2.62. The second-order valence-corrected chi connectivity index (χ2v) is 7.49. The number of carbonyl (C=O) groups is 2. The van der Waals surface area contributed by atoms with Crippen molar-refractivity contribution in [3.8, 4) is 0 Å². The van der Waals surface area contributed by atoms with E-state index in [9.17, 15) is 14.7 Å². The number of nitrogens with one attached hydrogen (secondary N) is 1. The van der Waals surface area contributed by atoms with Crippen LogP contribution < -0.4 is 5.32 Å². The van der Waals surface area contributed by atoms with E-state index in [4.69, 9.17) is 0 Å². The third-order valence-electron chi connectivity index (χ3n) is 5.41. The zero-order chi connectivity index (χ0) is 19.2. The molecule has 0 aliphatic heterocycles. The molecule has 4 nitrogen and oxygen atoms in total. The van der Waals surface area contributed by atoms with Crippen molar-refractivity contribution >= 4 is 11.9 Å². The quantitative estimate of drug-likeness (QED) is 0.758. The highest BCUT2D eigenvalue weighted by Gasteiger charge is 2.20. The molecule has 2 aromatic rings. The number of aliphatic carboxylic acids is 1. The van der Waals surface area contributed by atoms with Crippen LogP contribution in [0.4, 0.5) is 0 Å². The van der Waals surface area contributed by atoms with Crippen molar-refractivity contribution in [3.05, 3.63) is 70.8 Å². The van der Waals surface area contributed by atoms with Crippen LogP contribution in [0.3, 0.4) is 0 Å². The molecule has 2 aromatic carbocycles. The first-order chi connectivity index (χ1) is 13.0. The average Bonchev–Trinajstić information content (AvgIpc) is 2.68. The molecule has 3 rings (SSSR count). The highest BCUT2D eigenvalue weighted by molar-refractivity contribution is 5.94. The summed E-state index contributed by atoms with van der Waals surface area (Å²) >= 11 is 0. The van der Waals surface area contributed by atoms with Crippen LogP contribution in [-0.4, -0.2) is 17.0 Å². The lowest BCUT2D eigenvalue weighted by Crippen LogP contribution is -2.30. The number of carboxylic acids is 1. The van der Waals surface area contributed by atoms with E-state index in [-0.39, 0.29) is 12.3 Å². The highest BCUT2D eigenvalue weighted by atomic mass is 16.4. The van der Waals surface area contributed by atoms with Crippen LogP contribution in [0.15, 0.2) is 48.5 Å². The predicted octanol–water partition coefficient (Wildman–Crippen LogP) is 4.99. The summed E-state index contributed by atoms with van der Waals surface area (Å²) in [7, 11) is 0. The van der Waals surface area contributed by atoms with Crippen LogP contribution in [0.25, 0.3) is 0 Å². The number of amides is 1. The minimum absolute atomic E-state index is 0.144. The van der Waals surface area contributed by atoms with E-state index in [0.29, 0.717) is 11.5 Å². The van der Waals surface area contributed by atoms with Gasteiger partial charge in [-0.1, -0.05) is 61.2 Å². The number of aryl methyl sites for hydroxylation is 1. The Balaban J connectivity index is 1.70. The molecule has 0 bridgehead atoms. The highest BCUT2D eigenvalue weighted by Crippen LogP contribution is 2.32. The summed E-state index contributed by atoms with van der Waals surface area (Å²) in [4.78, 5) is 23.9. The molecular weight excluding hydrogens is 338 g/mol. The third kappa shape index (κ3) is 5.19. The van der Waals surface area contributed by atoms with Crippen molar-refractivity contribution in [1.29, 1.82) is 0 Å². The van der Waals surface area contributed by atoms with Crippen LogP contribution in [-0.2, 0) is 4.79 Å². The van der Waals surface area contributed by atoms with Crippen molar-refractivity contribution in [2.45, 2.75) is 57.4 Å². The molecule has 1 aliphatic carbocycles. The second-order valence-electron chi connectivity index (χ2n) is 7.49. The van der Waals surface area contributed by atoms with Gasteiger partial charge in [0.15, 0.2) is 0 Å². The third-order valence-corrected chi connectivity index (χ3v) is 5.41. The van der Waals surface area contributed by atoms with Gasteiger partial charge in [-0.3, -0.25) is 9.59 Å². The van der Waals surface area contributed by atoms with Crippen LogP contribution in [0, 0.1) is 6.92 Å². The Labute approximate surface area is 160 Å². The molecule has 1 unspecified atom stereocenters. The summed E-state index contributed by atoms with van der Waals surface area (Å²) < 4.78 is 0. The molecule has 1 saturated carbocycles. The number of carboxylic acid groups (broad SMARTS) is 1. The van der Waals surface area contributed by atoms with Crippen LogP contribution in [0.5, 0.6) is 0 Å². The fourth-order valence-electron chi connectivity index (χ4n) is 3.81. The van der Waals surface area contributed by atoms with E-state index in [0.717, 1.165) is 11.1 Å². The minimum atomic E-state index is -0.937. The van der Waals surface area contributed by atoms with E-state index >= 15 is 0 Å². The van der Waals surface area contributed by atoms with Crippen molar-refractivity contribution < 1.29 is 14.7 Å². The van der Waals surface area contributed by atoms with Crippen molar-refractivity contribution in [2.75, 3.05) is 0 Å². The number of benzene rings is 2. The maximum atomic E-state index is 12.7. The first-order valence-corrected chi connectivity index (χ1v) is 9.72. The lowest BCUT2D eigenvalue weighted by atomic mass is 9.84. The van der Waals surface area contributed by atoms with Gasteiger partial charge in [-0.15, -0.1) is 0 Å². The first-order valence-electron chi connectivity index (χ1n) is 9.72. The molecule has 1 amide bonds. The molecule has 0 heterocycles. The molecule has 0 saturated heterocycles. The van der Waals surface area contributed by atoms with Gasteiger partial charge >= 0.3 is 5.97 Å². The number of carbonyl (C=O) groups excluding carboxylic acids is 1. The Morgan fingerprint density at radius 3 is 2.22 bits per heavy atom. The van der Waals surface area contributed by atoms with Gasteiger partial charge in [-0.05, 0) is 48.9 Å². The largest absolute Gasteiger partial charge is 0.481 e. The van der Waals surface area contributed by atoms with Gasteiger partial charge in [0.05, 0.1) is 12.5 Å². The van der Waals surface area contributed by atoms with E-state index < -0.39 is 12.0 Å². The van der Waals surface area contributed by atoms with Gasteiger partial charge in [0, 0.05) is 5.56 Å². The fraction of sp³-hybridized carbons (Fsp3) is 0.391. The molecule has 0 aromatic heterocycles. The van der Waals surface area contributed by atoms with Gasteiger partial charge in [0.1, 0.15) is 0 Å². The Bertz CT molecular complexity index is 774. The predicted molar refractivity (Wildman–Crippen MR) is 106 cm³/mol. The molecular formula is C23H27NO3. The molecule has 1 atom stereocenters. The normalized spacial score (nSPS) is 15.9. The molecule has 1 aliphatic rings. The van der Waals surface area contributed by atoms with E-state index in [1.807, 2.05) is 55.5 Å². The van der Waals surface area contributed by atoms with Crippen molar-refractivity contribution in [1.82, 2.24) is 5.32 Å². The van der Waals surface area contributed by atoms with Crippen molar-refractivity contribution in [2.24, 2.45) is 0 Å². The van der Waals surface area contributed by atoms with E-state index in [1.54, 1.807) is 0 Å². The summed E-state index contributed by atoms with van der Waals surface area (Å²) in [5.41, 5.74) is 3.76. The Morgan fingerprint density at radius 2 is 1.63 bits per heavy atom. The SMILES string of the molecule is Cc1ccc(C(CC(=O)O)NC(=O)c2ccc(C3CCCCC3)cc2)cc1. The Morgan fingerprint density at radius 1 is 1.00 bits per heavy atom. The van der Waals surface area contributed by atoms with Gasteiger partial charge in [0.2, 0.25) is 0 Å². The molecule has 4 heteroatoms. The minimum Gasteiger partial charge on any atom is -0.481 e. The standard InChI is InChI=1S/C23H27NO3/c1-16-7-9-19(10-8-16)21(15-22(25)26)24-23(27)20-13-11-18(12-14-20)17-5-3-2-4-6-17/h7-14,17,21H,2-6,15H2,1H3,(H,24,27)(H,25,26). The second kappa shape index (κ2) is 8.85. The van der Waals surface area contributed by atoms with E-state index in [2.05, 4.69) is 5.32 Å². The number of hydrogen-bond acceptors (Lipinski definition) is 2. The average molecular weight is 365 g/mol. The Kier molecular flexibility index (Phi) is 6.28. The van der Waals surface area contributed by atoms with Gasteiger partial charge in [0.25, 0.3) is 5.91 Å². The van der Waals surface area contributed by atoms with Crippen LogP contribution >= 0.6 is 0 Å². The molecule has 0 radical (unpaired) electrons. The lowest BCUT2D eigenvalue weighted by molar-refractivity contribution is -0.137. The maximum absolute atomic E-state index is 12.7. The molecule has 2 N–H and O–H groups in total.